The Morgan fingerprint density at radius 2 is 2.27 bits per heavy atom. The zero-order chi connectivity index (χ0) is 7.59. The molecule has 2 nitrogen and oxygen atoms in total. The van der Waals surface area contributed by atoms with E-state index in [9.17, 15) is 4.79 Å². The minimum Gasteiger partial charge on any atom is -0.462 e. The number of rotatable bonds is 0. The molecule has 3 unspecified atom stereocenters. The summed E-state index contributed by atoms with van der Waals surface area (Å²) in [4.78, 5) is 11.2. The van der Waals surface area contributed by atoms with Crippen LogP contribution in [0, 0.1) is 23.7 Å². The summed E-state index contributed by atoms with van der Waals surface area (Å²) in [6.07, 6.45) is 2.66. The molecule has 0 spiro atoms. The maximum atomic E-state index is 11.2. The molecule has 3 rings (SSSR count). The summed E-state index contributed by atoms with van der Waals surface area (Å²) in [7, 11) is 0. The van der Waals surface area contributed by atoms with Gasteiger partial charge in [0.25, 0.3) is 0 Å². The average molecular weight is 152 g/mol. The topological polar surface area (TPSA) is 26.3 Å². The summed E-state index contributed by atoms with van der Waals surface area (Å²) in [6, 6.07) is 0. The fraction of sp³-hybridized carbons (Fsp3) is 0.889. The number of esters is 1. The van der Waals surface area contributed by atoms with Gasteiger partial charge in [-0.3, -0.25) is 4.79 Å². The quantitative estimate of drug-likeness (QED) is 0.487. The highest BCUT2D eigenvalue weighted by molar-refractivity contribution is 5.76. The lowest BCUT2D eigenvalue weighted by Crippen LogP contribution is -2.24. The standard InChI is InChI=1S/C9H12O2/c1-4-5-2-6-7(3-5)9(10)11-8(4)6/h4-8H,2-3H2,1H3/t4-,5-,6?,7?,8?/m0/s1. The Morgan fingerprint density at radius 3 is 2.91 bits per heavy atom. The molecule has 2 saturated carbocycles. The molecule has 1 saturated heterocycles. The van der Waals surface area contributed by atoms with Crippen LogP contribution < -0.4 is 0 Å². The minimum atomic E-state index is 0.0897. The molecule has 3 fully saturated rings. The third kappa shape index (κ3) is 0.534. The smallest absolute Gasteiger partial charge is 0.309 e. The Morgan fingerprint density at radius 1 is 1.45 bits per heavy atom. The first-order valence-electron chi connectivity index (χ1n) is 4.48. The third-order valence-electron chi connectivity index (χ3n) is 3.89. The molecule has 0 radical (unpaired) electrons. The molecule has 2 aliphatic carbocycles. The Labute approximate surface area is 65.9 Å². The predicted octanol–water partition coefficient (Wildman–Crippen LogP) is 1.20. The van der Waals surface area contributed by atoms with Crippen molar-refractivity contribution in [3.05, 3.63) is 0 Å². The van der Waals surface area contributed by atoms with Gasteiger partial charge in [0.15, 0.2) is 0 Å². The van der Waals surface area contributed by atoms with E-state index in [-0.39, 0.29) is 5.97 Å². The summed E-state index contributed by atoms with van der Waals surface area (Å²) in [5.74, 6) is 2.42. The van der Waals surface area contributed by atoms with E-state index in [4.69, 9.17) is 4.74 Å². The molecule has 3 aliphatic rings. The first-order chi connectivity index (χ1) is 5.27. The van der Waals surface area contributed by atoms with Crippen LogP contribution in [0.4, 0.5) is 0 Å². The lowest BCUT2D eigenvalue weighted by molar-refractivity contribution is -0.144. The SMILES string of the molecule is C[C@@H]1C2OC(=O)C3C[C@@H]1CC32. The summed E-state index contributed by atoms with van der Waals surface area (Å²) < 4.78 is 5.31. The Hall–Kier alpha value is -0.530. The summed E-state index contributed by atoms with van der Waals surface area (Å²) in [5.41, 5.74) is 0. The van der Waals surface area contributed by atoms with Crippen molar-refractivity contribution in [1.29, 1.82) is 0 Å². The van der Waals surface area contributed by atoms with Gasteiger partial charge in [-0.1, -0.05) is 6.92 Å². The molecule has 2 heteroatoms. The molecule has 0 N–H and O–H groups in total. The molecule has 1 aliphatic heterocycles. The van der Waals surface area contributed by atoms with E-state index in [2.05, 4.69) is 6.92 Å². The monoisotopic (exact) mass is 152 g/mol. The second-order valence-corrected chi connectivity index (χ2v) is 4.26. The number of ether oxygens (including phenoxy) is 1. The highest BCUT2D eigenvalue weighted by Gasteiger charge is 2.59. The zero-order valence-corrected chi connectivity index (χ0v) is 6.62. The van der Waals surface area contributed by atoms with Crippen LogP contribution in [0.2, 0.25) is 0 Å². The second kappa shape index (κ2) is 1.62. The van der Waals surface area contributed by atoms with E-state index in [0.717, 1.165) is 12.3 Å². The number of fused-ring (bicyclic) bond motifs is 1. The van der Waals surface area contributed by atoms with Gasteiger partial charge in [-0.15, -0.1) is 0 Å². The number of carbonyl (C=O) groups is 1. The van der Waals surface area contributed by atoms with Gasteiger partial charge in [-0.05, 0) is 24.7 Å². The fourth-order valence-corrected chi connectivity index (χ4v) is 3.25. The maximum absolute atomic E-state index is 11.2. The van der Waals surface area contributed by atoms with Crippen molar-refractivity contribution in [2.24, 2.45) is 23.7 Å². The van der Waals surface area contributed by atoms with Crippen molar-refractivity contribution >= 4 is 5.97 Å². The highest BCUT2D eigenvalue weighted by Crippen LogP contribution is 2.56. The van der Waals surface area contributed by atoms with Gasteiger partial charge < -0.3 is 4.74 Å². The normalized spacial score (nSPS) is 58.6. The van der Waals surface area contributed by atoms with Crippen molar-refractivity contribution in [3.63, 3.8) is 0 Å². The van der Waals surface area contributed by atoms with E-state index >= 15 is 0 Å². The van der Waals surface area contributed by atoms with E-state index in [1.165, 1.54) is 6.42 Å². The first-order valence-corrected chi connectivity index (χ1v) is 4.48. The molecule has 0 aromatic carbocycles. The molecule has 60 valence electrons. The maximum Gasteiger partial charge on any atom is 0.309 e. The Bertz CT molecular complexity index is 224. The van der Waals surface area contributed by atoms with Crippen LogP contribution in [-0.4, -0.2) is 12.1 Å². The Balaban J connectivity index is 2.04. The fourth-order valence-electron chi connectivity index (χ4n) is 3.25. The van der Waals surface area contributed by atoms with Crippen molar-refractivity contribution in [1.82, 2.24) is 0 Å². The van der Waals surface area contributed by atoms with Crippen molar-refractivity contribution in [2.45, 2.75) is 25.9 Å². The lowest BCUT2D eigenvalue weighted by Gasteiger charge is -2.20. The van der Waals surface area contributed by atoms with Gasteiger partial charge in [-0.2, -0.15) is 0 Å². The highest BCUT2D eigenvalue weighted by atomic mass is 16.6. The van der Waals surface area contributed by atoms with Crippen molar-refractivity contribution in [2.75, 3.05) is 0 Å². The van der Waals surface area contributed by atoms with Crippen molar-refractivity contribution in [3.8, 4) is 0 Å². The van der Waals surface area contributed by atoms with E-state index in [1.807, 2.05) is 0 Å². The largest absolute Gasteiger partial charge is 0.462 e. The van der Waals surface area contributed by atoms with Crippen LogP contribution in [0.25, 0.3) is 0 Å². The third-order valence-corrected chi connectivity index (χ3v) is 3.89. The number of hydrogen-bond acceptors (Lipinski definition) is 2. The lowest BCUT2D eigenvalue weighted by atomic mass is 9.83. The molecule has 0 aromatic heterocycles. The van der Waals surface area contributed by atoms with Gasteiger partial charge in [-0.25, -0.2) is 0 Å². The number of hydrogen-bond donors (Lipinski definition) is 0. The first kappa shape index (κ1) is 6.04. The van der Waals surface area contributed by atoms with Gasteiger partial charge in [0.05, 0.1) is 5.92 Å². The zero-order valence-electron chi connectivity index (χ0n) is 6.62. The van der Waals surface area contributed by atoms with Gasteiger partial charge >= 0.3 is 5.97 Å². The molecule has 0 aromatic rings. The molecule has 0 amide bonds. The predicted molar refractivity (Wildman–Crippen MR) is 38.7 cm³/mol. The van der Waals surface area contributed by atoms with E-state index in [0.29, 0.717) is 23.9 Å². The van der Waals surface area contributed by atoms with Crippen LogP contribution in [0.3, 0.4) is 0 Å². The molecule has 5 atom stereocenters. The van der Waals surface area contributed by atoms with Crippen LogP contribution in [0.1, 0.15) is 19.8 Å². The van der Waals surface area contributed by atoms with Crippen molar-refractivity contribution < 1.29 is 9.53 Å². The number of carbonyl (C=O) groups excluding carboxylic acids is 1. The molecule has 11 heavy (non-hydrogen) atoms. The van der Waals surface area contributed by atoms with E-state index < -0.39 is 0 Å². The summed E-state index contributed by atoms with van der Waals surface area (Å²) in [5, 5.41) is 0. The van der Waals surface area contributed by atoms with Gasteiger partial charge in [0.1, 0.15) is 6.10 Å². The van der Waals surface area contributed by atoms with E-state index in [1.54, 1.807) is 0 Å². The molecular formula is C9H12O2. The second-order valence-electron chi connectivity index (χ2n) is 4.26. The summed E-state index contributed by atoms with van der Waals surface area (Å²) in [6.45, 7) is 2.23. The average Bonchev–Trinajstić information content (AvgIpc) is 2.53. The summed E-state index contributed by atoms with van der Waals surface area (Å²) >= 11 is 0. The molecule has 2 bridgehead atoms. The minimum absolute atomic E-state index is 0.0897. The van der Waals surface area contributed by atoms with Crippen LogP contribution in [-0.2, 0) is 9.53 Å². The molecule has 1 heterocycles. The Kier molecular flexibility index (Phi) is 0.890. The van der Waals surface area contributed by atoms with Crippen LogP contribution in [0.15, 0.2) is 0 Å². The van der Waals surface area contributed by atoms with Gasteiger partial charge in [0.2, 0.25) is 0 Å². The van der Waals surface area contributed by atoms with Gasteiger partial charge in [0, 0.05) is 5.92 Å². The van der Waals surface area contributed by atoms with Crippen LogP contribution >= 0.6 is 0 Å². The molecular weight excluding hydrogens is 140 g/mol. The van der Waals surface area contributed by atoms with Crippen LogP contribution in [0.5, 0.6) is 0 Å².